The molecule has 4 aliphatic rings. The van der Waals surface area contributed by atoms with Crippen molar-refractivity contribution in [1.82, 2.24) is 14.7 Å². The lowest BCUT2D eigenvalue weighted by Gasteiger charge is -2.54. The van der Waals surface area contributed by atoms with Crippen molar-refractivity contribution in [2.45, 2.75) is 44.6 Å². The second-order valence-corrected chi connectivity index (χ2v) is 7.86. The second kappa shape index (κ2) is 5.09. The van der Waals surface area contributed by atoms with Crippen molar-refractivity contribution < 1.29 is 0 Å². The molecule has 2 aromatic heterocycles. The summed E-state index contributed by atoms with van der Waals surface area (Å²) in [5.74, 6) is 4.08. The quantitative estimate of drug-likeness (QED) is 0.938. The van der Waals surface area contributed by atoms with Crippen molar-refractivity contribution in [3.8, 4) is 0 Å². The molecule has 0 saturated heterocycles. The fourth-order valence-electron chi connectivity index (χ4n) is 5.73. The van der Waals surface area contributed by atoms with Gasteiger partial charge in [0.2, 0.25) is 0 Å². The Hall–Kier alpha value is -1.35. The number of rotatable bonds is 4. The molecule has 0 radical (unpaired) electrons. The van der Waals surface area contributed by atoms with Crippen molar-refractivity contribution in [2.75, 3.05) is 6.54 Å². The second-order valence-electron chi connectivity index (χ2n) is 7.86. The van der Waals surface area contributed by atoms with Crippen molar-refractivity contribution in [1.29, 1.82) is 0 Å². The molecule has 1 N–H and O–H groups in total. The highest BCUT2D eigenvalue weighted by Crippen LogP contribution is 2.53. The molecule has 0 amide bonds. The van der Waals surface area contributed by atoms with Crippen LogP contribution in [0.3, 0.4) is 0 Å². The first kappa shape index (κ1) is 13.1. The molecule has 0 spiro atoms. The van der Waals surface area contributed by atoms with Crippen LogP contribution in [0.4, 0.5) is 0 Å². The van der Waals surface area contributed by atoms with Gasteiger partial charge in [-0.3, -0.25) is 0 Å². The molecule has 0 atom stereocenters. The summed E-state index contributed by atoms with van der Waals surface area (Å²) in [4.78, 5) is 4.71. The monoisotopic (exact) mass is 295 g/mol. The molecule has 22 heavy (non-hydrogen) atoms. The topological polar surface area (TPSA) is 29.3 Å². The summed E-state index contributed by atoms with van der Waals surface area (Å²) in [6.07, 6.45) is 12.8. The minimum Gasteiger partial charge on any atom is -0.313 e. The first-order valence-electron chi connectivity index (χ1n) is 9.01. The lowest BCUT2D eigenvalue weighted by atomic mass is 9.54. The molecule has 4 bridgehead atoms. The van der Waals surface area contributed by atoms with Crippen LogP contribution in [0.1, 0.15) is 37.8 Å². The van der Waals surface area contributed by atoms with E-state index in [9.17, 15) is 0 Å². The molecule has 116 valence electrons. The van der Waals surface area contributed by atoms with E-state index in [0.29, 0.717) is 0 Å². The van der Waals surface area contributed by atoms with Crippen LogP contribution in [0.25, 0.3) is 5.65 Å². The lowest BCUT2D eigenvalue weighted by Crippen LogP contribution is -2.54. The molecule has 2 aromatic rings. The first-order chi connectivity index (χ1) is 10.8. The van der Waals surface area contributed by atoms with Gasteiger partial charge in [0.1, 0.15) is 5.65 Å². The zero-order valence-electron chi connectivity index (χ0n) is 13.1. The van der Waals surface area contributed by atoms with Crippen LogP contribution in [0.2, 0.25) is 0 Å². The van der Waals surface area contributed by atoms with Crippen LogP contribution in [0.5, 0.6) is 0 Å². The molecule has 4 aliphatic carbocycles. The maximum absolute atomic E-state index is 4.71. The molecule has 0 aliphatic heterocycles. The third-order valence-corrected chi connectivity index (χ3v) is 6.40. The summed E-state index contributed by atoms with van der Waals surface area (Å²) < 4.78 is 2.12. The maximum Gasteiger partial charge on any atom is 0.136 e. The van der Waals surface area contributed by atoms with Crippen molar-refractivity contribution in [3.63, 3.8) is 0 Å². The Morgan fingerprint density at radius 1 is 1.05 bits per heavy atom. The summed E-state index contributed by atoms with van der Waals surface area (Å²) in [5.41, 5.74) is 2.27. The fraction of sp³-hybridized carbons (Fsp3) is 0.632. The van der Waals surface area contributed by atoms with E-state index in [1.807, 2.05) is 0 Å². The van der Waals surface area contributed by atoms with Gasteiger partial charge in [-0.2, -0.15) is 0 Å². The van der Waals surface area contributed by atoms with Crippen LogP contribution < -0.4 is 5.32 Å². The minimum absolute atomic E-state index is 0.796. The highest BCUT2D eigenvalue weighted by atomic mass is 15.0. The van der Waals surface area contributed by atoms with Gasteiger partial charge < -0.3 is 9.72 Å². The lowest BCUT2D eigenvalue weighted by molar-refractivity contribution is -0.0133. The molecule has 2 heterocycles. The maximum atomic E-state index is 4.71. The van der Waals surface area contributed by atoms with Crippen LogP contribution in [-0.2, 0) is 6.42 Å². The Bertz CT molecular complexity index is 613. The molecule has 0 unspecified atom stereocenters. The Labute approximate surface area is 132 Å². The van der Waals surface area contributed by atoms with Gasteiger partial charge in [0, 0.05) is 31.4 Å². The van der Waals surface area contributed by atoms with E-state index >= 15 is 0 Å². The van der Waals surface area contributed by atoms with E-state index < -0.39 is 0 Å². The zero-order chi connectivity index (χ0) is 14.5. The number of aromatic nitrogens is 2. The average Bonchev–Trinajstić information content (AvgIpc) is 2.92. The number of pyridine rings is 1. The summed E-state index contributed by atoms with van der Waals surface area (Å²) in [5, 5.41) is 3.91. The highest BCUT2D eigenvalue weighted by Gasteiger charge is 2.47. The largest absolute Gasteiger partial charge is 0.313 e. The summed E-state index contributed by atoms with van der Waals surface area (Å²) in [6.45, 7) is 1.08. The zero-order valence-corrected chi connectivity index (χ0v) is 13.1. The fourth-order valence-corrected chi connectivity index (χ4v) is 5.73. The van der Waals surface area contributed by atoms with E-state index in [4.69, 9.17) is 4.98 Å². The number of fused-ring (bicyclic) bond motifs is 1. The van der Waals surface area contributed by atoms with Crippen molar-refractivity contribution in [2.24, 2.45) is 23.7 Å². The van der Waals surface area contributed by atoms with Gasteiger partial charge in [-0.15, -0.1) is 0 Å². The van der Waals surface area contributed by atoms with E-state index in [1.54, 1.807) is 6.42 Å². The number of imidazole rings is 1. The van der Waals surface area contributed by atoms with Crippen LogP contribution in [0.15, 0.2) is 30.6 Å². The van der Waals surface area contributed by atoms with Gasteiger partial charge in [-0.1, -0.05) is 6.07 Å². The van der Waals surface area contributed by atoms with E-state index in [1.165, 1.54) is 31.4 Å². The number of nitrogens with one attached hydrogen (secondary N) is 1. The molecule has 3 heteroatoms. The van der Waals surface area contributed by atoms with Gasteiger partial charge in [0.05, 0.1) is 5.69 Å². The SMILES string of the molecule is c1ccn2cc(CCNC3C4CC5CC(C4)CC3C5)nc2c1. The van der Waals surface area contributed by atoms with Gasteiger partial charge in [-0.05, 0) is 67.9 Å². The number of hydrogen-bond acceptors (Lipinski definition) is 2. The van der Waals surface area contributed by atoms with Gasteiger partial charge in [0.25, 0.3) is 0 Å². The van der Waals surface area contributed by atoms with Gasteiger partial charge >= 0.3 is 0 Å². The molecular formula is C19H25N3. The standard InChI is InChI=1S/C19H25N3/c1-2-6-22-12-17(21-18(22)3-1)4-5-20-19-15-8-13-7-14(10-15)11-16(19)9-13/h1-3,6,12-16,19-20H,4-5,7-11H2. The smallest absolute Gasteiger partial charge is 0.136 e. The Morgan fingerprint density at radius 3 is 2.55 bits per heavy atom. The highest BCUT2D eigenvalue weighted by molar-refractivity contribution is 5.39. The molecular weight excluding hydrogens is 270 g/mol. The molecule has 6 rings (SSSR count). The average molecular weight is 295 g/mol. The first-order valence-corrected chi connectivity index (χ1v) is 9.01. The van der Waals surface area contributed by atoms with Crippen LogP contribution in [0, 0.1) is 23.7 Å². The molecule has 4 saturated carbocycles. The number of hydrogen-bond donors (Lipinski definition) is 1. The van der Waals surface area contributed by atoms with Crippen molar-refractivity contribution in [3.05, 3.63) is 36.3 Å². The van der Waals surface area contributed by atoms with Gasteiger partial charge in [0.15, 0.2) is 0 Å². The van der Waals surface area contributed by atoms with Gasteiger partial charge in [-0.25, -0.2) is 4.98 Å². The van der Waals surface area contributed by atoms with Crippen LogP contribution in [-0.4, -0.2) is 22.0 Å². The molecule has 4 fully saturated rings. The Morgan fingerprint density at radius 2 is 1.82 bits per heavy atom. The number of nitrogens with zero attached hydrogens (tertiary/aromatic N) is 2. The summed E-state index contributed by atoms with van der Waals surface area (Å²) in [6, 6.07) is 6.99. The normalized spacial score (nSPS) is 36.3. The van der Waals surface area contributed by atoms with E-state index in [0.717, 1.165) is 48.3 Å². The predicted octanol–water partition coefficient (Wildman–Crippen LogP) is 3.29. The van der Waals surface area contributed by atoms with Crippen LogP contribution >= 0.6 is 0 Å². The van der Waals surface area contributed by atoms with E-state index in [-0.39, 0.29) is 0 Å². The Kier molecular flexibility index (Phi) is 3.04. The summed E-state index contributed by atoms with van der Waals surface area (Å²) in [7, 11) is 0. The summed E-state index contributed by atoms with van der Waals surface area (Å²) >= 11 is 0. The van der Waals surface area contributed by atoms with Crippen molar-refractivity contribution >= 4 is 5.65 Å². The molecule has 0 aromatic carbocycles. The Balaban J connectivity index is 1.22. The van der Waals surface area contributed by atoms with E-state index in [2.05, 4.69) is 40.3 Å². The minimum atomic E-state index is 0.796. The molecule has 3 nitrogen and oxygen atoms in total. The third-order valence-electron chi connectivity index (χ3n) is 6.40. The third kappa shape index (κ3) is 2.18. The predicted molar refractivity (Wildman–Crippen MR) is 87.7 cm³/mol.